The van der Waals surface area contributed by atoms with Crippen LogP contribution in [0.4, 0.5) is 4.79 Å². The van der Waals surface area contributed by atoms with E-state index in [1.807, 2.05) is 67.6 Å². The second-order valence-corrected chi connectivity index (χ2v) is 8.72. The van der Waals surface area contributed by atoms with Crippen molar-refractivity contribution in [3.63, 3.8) is 0 Å². The predicted octanol–water partition coefficient (Wildman–Crippen LogP) is 5.33. The van der Waals surface area contributed by atoms with Crippen molar-refractivity contribution in [2.45, 2.75) is 26.5 Å². The van der Waals surface area contributed by atoms with Crippen LogP contribution in [0.25, 0.3) is 16.8 Å². The van der Waals surface area contributed by atoms with Crippen molar-refractivity contribution in [3.05, 3.63) is 82.3 Å². The Morgan fingerprint density at radius 1 is 1.06 bits per heavy atom. The molecule has 1 fully saturated rings. The lowest BCUT2D eigenvalue weighted by molar-refractivity contribution is -0.148. The highest BCUT2D eigenvalue weighted by Gasteiger charge is 2.41. The van der Waals surface area contributed by atoms with Gasteiger partial charge in [-0.05, 0) is 54.1 Å². The van der Waals surface area contributed by atoms with Gasteiger partial charge in [-0.2, -0.15) is 0 Å². The van der Waals surface area contributed by atoms with Gasteiger partial charge in [-0.3, -0.25) is 14.5 Å². The highest BCUT2D eigenvalue weighted by atomic mass is 32.2. The van der Waals surface area contributed by atoms with Crippen LogP contribution in [0.5, 0.6) is 5.75 Å². The van der Waals surface area contributed by atoms with Gasteiger partial charge in [0.05, 0.1) is 12.0 Å². The smallest absolute Gasteiger partial charge is 0.328 e. The fourth-order valence-electron chi connectivity index (χ4n) is 3.62. The summed E-state index contributed by atoms with van der Waals surface area (Å²) in [5, 5.41) is 1.37. The fraction of sp³-hybridized carbons (Fsp3) is 0.192. The maximum absolute atomic E-state index is 13.0. The van der Waals surface area contributed by atoms with Crippen LogP contribution in [0.2, 0.25) is 0 Å². The maximum Gasteiger partial charge on any atom is 0.328 e. The molecule has 168 valence electrons. The zero-order chi connectivity index (χ0) is 23.5. The van der Waals surface area contributed by atoms with Gasteiger partial charge in [-0.1, -0.05) is 60.2 Å². The topological polar surface area (TPSA) is 72.9 Å². The predicted molar refractivity (Wildman–Crippen MR) is 129 cm³/mol. The Balaban J connectivity index is 1.71. The van der Waals surface area contributed by atoms with Crippen molar-refractivity contribution in [2.24, 2.45) is 0 Å². The SMILES string of the molecule is COC(=O)[C@H](C)N1C(=O)S/C(=C/c2c(OCc3ccc(C)cc3)ccc3ccccc23)C1=O. The molecule has 3 aromatic rings. The molecule has 0 spiro atoms. The molecule has 0 radical (unpaired) electrons. The van der Waals surface area contributed by atoms with Gasteiger partial charge in [-0.25, -0.2) is 4.79 Å². The Morgan fingerprint density at radius 2 is 1.79 bits per heavy atom. The zero-order valence-electron chi connectivity index (χ0n) is 18.5. The number of hydrogen-bond donors (Lipinski definition) is 0. The summed E-state index contributed by atoms with van der Waals surface area (Å²) >= 11 is 0.801. The Hall–Kier alpha value is -3.58. The molecule has 0 aliphatic carbocycles. The molecule has 1 aliphatic rings. The summed E-state index contributed by atoms with van der Waals surface area (Å²) in [6, 6.07) is 18.7. The van der Waals surface area contributed by atoms with E-state index in [4.69, 9.17) is 9.47 Å². The number of aryl methyl sites for hydroxylation is 1. The molecule has 6 nitrogen and oxygen atoms in total. The van der Waals surface area contributed by atoms with Crippen molar-refractivity contribution in [2.75, 3.05) is 7.11 Å². The number of benzene rings is 3. The Bertz CT molecular complexity index is 1270. The number of hydrogen-bond acceptors (Lipinski definition) is 6. The summed E-state index contributed by atoms with van der Waals surface area (Å²) in [7, 11) is 1.22. The van der Waals surface area contributed by atoms with Crippen molar-refractivity contribution < 1.29 is 23.9 Å². The van der Waals surface area contributed by atoms with E-state index in [2.05, 4.69) is 0 Å². The van der Waals surface area contributed by atoms with Gasteiger partial charge < -0.3 is 9.47 Å². The van der Waals surface area contributed by atoms with Gasteiger partial charge in [0, 0.05) is 5.56 Å². The molecule has 4 rings (SSSR count). The first kappa shape index (κ1) is 22.6. The number of thioether (sulfide) groups is 1. The third-order valence-electron chi connectivity index (χ3n) is 5.47. The number of methoxy groups -OCH3 is 1. The summed E-state index contributed by atoms with van der Waals surface area (Å²) in [4.78, 5) is 38.6. The average Bonchev–Trinajstić information content (AvgIpc) is 3.11. The Morgan fingerprint density at radius 3 is 2.52 bits per heavy atom. The number of carbonyl (C=O) groups excluding carboxylic acids is 3. The van der Waals surface area contributed by atoms with Crippen LogP contribution in [0.15, 0.2) is 65.6 Å². The standard InChI is InChI=1S/C26H23NO5S/c1-16-8-10-18(11-9-16)15-32-22-13-12-19-6-4-5-7-20(19)21(22)14-23-24(28)27(26(30)33-23)17(2)25(29)31-3/h4-14,17H,15H2,1-3H3/b23-14+/t17-/m0/s1. The molecule has 2 amide bonds. The normalized spacial score (nSPS) is 15.8. The lowest BCUT2D eigenvalue weighted by Gasteiger charge is -2.18. The van der Waals surface area contributed by atoms with E-state index >= 15 is 0 Å². The summed E-state index contributed by atoms with van der Waals surface area (Å²) in [5.74, 6) is -0.576. The minimum Gasteiger partial charge on any atom is -0.488 e. The summed E-state index contributed by atoms with van der Waals surface area (Å²) in [6.45, 7) is 3.86. The van der Waals surface area contributed by atoms with E-state index < -0.39 is 23.2 Å². The fourth-order valence-corrected chi connectivity index (χ4v) is 4.51. The van der Waals surface area contributed by atoms with Crippen molar-refractivity contribution in [3.8, 4) is 5.75 Å². The number of carbonyl (C=O) groups is 3. The highest BCUT2D eigenvalue weighted by Crippen LogP contribution is 2.38. The Labute approximate surface area is 196 Å². The largest absolute Gasteiger partial charge is 0.488 e. The quantitative estimate of drug-likeness (QED) is 0.365. The summed E-state index contributed by atoms with van der Waals surface area (Å²) < 4.78 is 10.8. The van der Waals surface area contributed by atoms with Crippen LogP contribution in [-0.2, 0) is 20.9 Å². The van der Waals surface area contributed by atoms with Crippen LogP contribution in [0.1, 0.15) is 23.6 Å². The molecular weight excluding hydrogens is 438 g/mol. The summed E-state index contributed by atoms with van der Waals surface area (Å²) in [5.41, 5.74) is 2.89. The van der Waals surface area contributed by atoms with Gasteiger partial charge in [0.25, 0.3) is 11.1 Å². The van der Waals surface area contributed by atoms with Crippen molar-refractivity contribution in [1.82, 2.24) is 4.90 Å². The lowest BCUT2D eigenvalue weighted by Crippen LogP contribution is -2.42. The number of fused-ring (bicyclic) bond motifs is 1. The van der Waals surface area contributed by atoms with Crippen LogP contribution in [0, 0.1) is 6.92 Å². The van der Waals surface area contributed by atoms with Crippen LogP contribution in [-0.4, -0.2) is 35.2 Å². The average molecular weight is 462 g/mol. The second-order valence-electron chi connectivity index (χ2n) is 7.72. The number of amides is 2. The first-order valence-corrected chi connectivity index (χ1v) is 11.3. The van der Waals surface area contributed by atoms with Crippen LogP contribution < -0.4 is 4.74 Å². The molecule has 1 saturated heterocycles. The molecule has 0 N–H and O–H groups in total. The van der Waals surface area contributed by atoms with Gasteiger partial charge in [0.15, 0.2) is 0 Å². The van der Waals surface area contributed by atoms with Crippen LogP contribution in [0.3, 0.4) is 0 Å². The van der Waals surface area contributed by atoms with Crippen molar-refractivity contribution >= 4 is 45.7 Å². The van der Waals surface area contributed by atoms with Gasteiger partial charge in [-0.15, -0.1) is 0 Å². The maximum atomic E-state index is 13.0. The first-order valence-electron chi connectivity index (χ1n) is 10.4. The van der Waals surface area contributed by atoms with Gasteiger partial charge in [0.1, 0.15) is 18.4 Å². The third kappa shape index (κ3) is 4.64. The minimum absolute atomic E-state index is 0.229. The van der Waals surface area contributed by atoms with E-state index in [1.54, 1.807) is 6.08 Å². The molecular formula is C26H23NO5S. The third-order valence-corrected chi connectivity index (χ3v) is 6.36. The molecule has 1 heterocycles. The molecule has 0 unspecified atom stereocenters. The highest BCUT2D eigenvalue weighted by molar-refractivity contribution is 8.18. The van der Waals surface area contributed by atoms with Crippen LogP contribution >= 0.6 is 11.8 Å². The lowest BCUT2D eigenvalue weighted by atomic mass is 10.0. The second kappa shape index (κ2) is 9.50. The van der Waals surface area contributed by atoms with E-state index in [0.717, 1.165) is 33.0 Å². The molecule has 7 heteroatoms. The molecule has 1 aliphatic heterocycles. The van der Waals surface area contributed by atoms with Gasteiger partial charge in [0.2, 0.25) is 0 Å². The zero-order valence-corrected chi connectivity index (χ0v) is 19.3. The first-order chi connectivity index (χ1) is 15.9. The molecule has 33 heavy (non-hydrogen) atoms. The molecule has 0 saturated carbocycles. The molecule has 3 aromatic carbocycles. The minimum atomic E-state index is -1.00. The molecule has 0 bridgehead atoms. The number of esters is 1. The van der Waals surface area contributed by atoms with E-state index in [9.17, 15) is 14.4 Å². The molecule has 0 aromatic heterocycles. The number of imide groups is 1. The van der Waals surface area contributed by atoms with Gasteiger partial charge >= 0.3 is 5.97 Å². The summed E-state index contributed by atoms with van der Waals surface area (Å²) in [6.07, 6.45) is 1.67. The number of rotatable bonds is 6. The number of ether oxygens (including phenoxy) is 2. The van der Waals surface area contributed by atoms with E-state index in [1.165, 1.54) is 19.6 Å². The molecule has 1 atom stereocenters. The van der Waals surface area contributed by atoms with E-state index in [-0.39, 0.29) is 4.91 Å². The Kier molecular flexibility index (Phi) is 6.51. The monoisotopic (exact) mass is 461 g/mol. The number of nitrogens with zero attached hydrogens (tertiary/aromatic N) is 1. The van der Waals surface area contributed by atoms with Crippen molar-refractivity contribution in [1.29, 1.82) is 0 Å². The van der Waals surface area contributed by atoms with E-state index in [0.29, 0.717) is 17.9 Å².